The van der Waals surface area contributed by atoms with E-state index in [0.29, 0.717) is 42.1 Å². The molecule has 0 aliphatic carbocycles. The smallest absolute Gasteiger partial charge is 0.242 e. The van der Waals surface area contributed by atoms with E-state index in [2.05, 4.69) is 10.3 Å². The number of carbonyl (C=O) groups excluding carboxylic acids is 2. The first kappa shape index (κ1) is 22.9. The van der Waals surface area contributed by atoms with E-state index in [4.69, 9.17) is 0 Å². The normalized spacial score (nSPS) is 14.4. The van der Waals surface area contributed by atoms with Crippen molar-refractivity contribution in [2.75, 3.05) is 30.9 Å². The van der Waals surface area contributed by atoms with Crippen LogP contribution in [0.2, 0.25) is 0 Å². The molecule has 2 aromatic carbocycles. The van der Waals surface area contributed by atoms with Crippen molar-refractivity contribution in [3.05, 3.63) is 48.3 Å². The zero-order chi connectivity index (χ0) is 23.8. The van der Waals surface area contributed by atoms with Crippen molar-refractivity contribution in [1.82, 2.24) is 13.9 Å². The number of carbonyl (C=O) groups is 2. The second-order valence-electron chi connectivity index (χ2n) is 8.24. The lowest BCUT2D eigenvalue weighted by Gasteiger charge is -2.20. The Morgan fingerprint density at radius 3 is 2.64 bits per heavy atom. The summed E-state index contributed by atoms with van der Waals surface area (Å²) in [4.78, 5) is 31.3. The lowest BCUT2D eigenvalue weighted by Crippen LogP contribution is -2.25. The van der Waals surface area contributed by atoms with Crippen molar-refractivity contribution >= 4 is 44.2 Å². The fourth-order valence-corrected chi connectivity index (χ4v) is 4.90. The quantitative estimate of drug-likeness (QED) is 0.573. The van der Waals surface area contributed by atoms with E-state index in [1.54, 1.807) is 29.2 Å². The topological polar surface area (TPSA) is 105 Å². The van der Waals surface area contributed by atoms with E-state index < -0.39 is 10.0 Å². The zero-order valence-electron chi connectivity index (χ0n) is 18.9. The maximum Gasteiger partial charge on any atom is 0.242 e. The molecule has 33 heavy (non-hydrogen) atoms. The summed E-state index contributed by atoms with van der Waals surface area (Å²) < 4.78 is 27.9. The Morgan fingerprint density at radius 2 is 1.94 bits per heavy atom. The summed E-state index contributed by atoms with van der Waals surface area (Å²) in [7, 11) is 1.26. The Kier molecular flexibility index (Phi) is 6.22. The third-order valence-electron chi connectivity index (χ3n) is 5.84. The van der Waals surface area contributed by atoms with E-state index in [9.17, 15) is 18.0 Å². The molecule has 2 amide bonds. The molecule has 0 spiro atoms. The van der Waals surface area contributed by atoms with E-state index >= 15 is 0 Å². The number of nitrogens with one attached hydrogen (secondary N) is 1. The molecule has 0 saturated carbocycles. The largest absolute Gasteiger partial charge is 0.331 e. The van der Waals surface area contributed by atoms with Crippen LogP contribution in [-0.4, -0.2) is 54.7 Å². The van der Waals surface area contributed by atoms with Crippen LogP contribution >= 0.6 is 0 Å². The van der Waals surface area contributed by atoms with Crippen LogP contribution in [0.3, 0.4) is 0 Å². The standard InChI is InChI=1S/C23H27N5O4S/c1-26(2)33(31,32)16-10-11-19-18(15-16)24-21(27(19)3)12-13-22(29)25-17-7-4-5-8-20(17)28-14-6-9-23(28)30/h4-5,7-8,10-11,15H,6,9,12-14H2,1-3H3,(H,25,29). The van der Waals surface area contributed by atoms with Gasteiger partial charge in [-0.05, 0) is 36.8 Å². The molecular weight excluding hydrogens is 442 g/mol. The molecular formula is C23H27N5O4S. The number of hydrogen-bond donors (Lipinski definition) is 1. The van der Waals surface area contributed by atoms with Gasteiger partial charge in [-0.2, -0.15) is 0 Å². The van der Waals surface area contributed by atoms with E-state index in [-0.39, 0.29) is 23.1 Å². The fraction of sp³-hybridized carbons (Fsp3) is 0.348. The van der Waals surface area contributed by atoms with Crippen molar-refractivity contribution in [1.29, 1.82) is 0 Å². The fourth-order valence-electron chi connectivity index (χ4n) is 3.98. The first-order valence-electron chi connectivity index (χ1n) is 10.8. The molecule has 4 rings (SSSR count). The van der Waals surface area contributed by atoms with Gasteiger partial charge in [0.2, 0.25) is 21.8 Å². The molecule has 10 heteroatoms. The molecule has 1 aromatic heterocycles. The van der Waals surface area contributed by atoms with Gasteiger partial charge in [-0.15, -0.1) is 0 Å². The number of anilines is 2. The highest BCUT2D eigenvalue weighted by molar-refractivity contribution is 7.89. The SMILES string of the molecule is CN(C)S(=O)(=O)c1ccc2c(c1)nc(CCC(=O)Nc1ccccc1N1CCCC1=O)n2C. The number of para-hydroxylation sites is 2. The van der Waals surface area contributed by atoms with Gasteiger partial charge in [-0.1, -0.05) is 12.1 Å². The minimum Gasteiger partial charge on any atom is -0.331 e. The number of rotatable bonds is 7. The summed E-state index contributed by atoms with van der Waals surface area (Å²) in [6.45, 7) is 0.650. The van der Waals surface area contributed by atoms with Gasteiger partial charge in [0.25, 0.3) is 0 Å². The summed E-state index contributed by atoms with van der Waals surface area (Å²) in [6, 6.07) is 12.1. The summed E-state index contributed by atoms with van der Waals surface area (Å²) in [5.41, 5.74) is 2.68. The number of fused-ring (bicyclic) bond motifs is 1. The number of nitrogens with zero attached hydrogens (tertiary/aromatic N) is 4. The second kappa shape index (κ2) is 8.95. The second-order valence-corrected chi connectivity index (χ2v) is 10.4. The molecule has 3 aromatic rings. The molecule has 9 nitrogen and oxygen atoms in total. The average Bonchev–Trinajstić information content (AvgIpc) is 3.35. The minimum atomic E-state index is -3.56. The molecule has 174 valence electrons. The molecule has 1 fully saturated rings. The van der Waals surface area contributed by atoms with Crippen LogP contribution in [0, 0.1) is 0 Å². The number of sulfonamides is 1. The number of aromatic nitrogens is 2. The van der Waals surface area contributed by atoms with Crippen LogP contribution in [0.5, 0.6) is 0 Å². The predicted octanol–water partition coefficient (Wildman–Crippen LogP) is 2.52. The summed E-state index contributed by atoms with van der Waals surface area (Å²) in [6.07, 6.45) is 1.91. The van der Waals surface area contributed by atoms with Crippen LogP contribution in [0.15, 0.2) is 47.4 Å². The number of imidazole rings is 1. The Hall–Kier alpha value is -3.24. The van der Waals surface area contributed by atoms with E-state index in [0.717, 1.165) is 16.2 Å². The molecule has 0 radical (unpaired) electrons. The number of benzene rings is 2. The highest BCUT2D eigenvalue weighted by Gasteiger charge is 2.24. The number of hydrogen-bond acceptors (Lipinski definition) is 5. The molecule has 1 aliphatic rings. The lowest BCUT2D eigenvalue weighted by atomic mass is 10.2. The van der Waals surface area contributed by atoms with Crippen LogP contribution in [0.1, 0.15) is 25.1 Å². The number of aryl methyl sites for hydroxylation is 2. The van der Waals surface area contributed by atoms with E-state index in [1.807, 2.05) is 29.8 Å². The minimum absolute atomic E-state index is 0.0621. The Balaban J connectivity index is 1.49. The van der Waals surface area contributed by atoms with Gasteiger partial charge in [0.15, 0.2) is 0 Å². The van der Waals surface area contributed by atoms with Crippen molar-refractivity contribution in [2.45, 2.75) is 30.6 Å². The lowest BCUT2D eigenvalue weighted by molar-refractivity contribution is -0.117. The van der Waals surface area contributed by atoms with Crippen molar-refractivity contribution in [3.63, 3.8) is 0 Å². The molecule has 0 bridgehead atoms. The maximum absolute atomic E-state index is 12.7. The van der Waals surface area contributed by atoms with Crippen LogP contribution < -0.4 is 10.2 Å². The Bertz CT molecular complexity index is 1330. The maximum atomic E-state index is 12.7. The van der Waals surface area contributed by atoms with Crippen molar-refractivity contribution in [3.8, 4) is 0 Å². The first-order chi connectivity index (χ1) is 15.7. The highest BCUT2D eigenvalue weighted by atomic mass is 32.2. The van der Waals surface area contributed by atoms with Crippen LogP contribution in [-0.2, 0) is 33.1 Å². The van der Waals surface area contributed by atoms with Gasteiger partial charge in [-0.3, -0.25) is 9.59 Å². The van der Waals surface area contributed by atoms with Gasteiger partial charge in [-0.25, -0.2) is 17.7 Å². The summed E-state index contributed by atoms with van der Waals surface area (Å²) in [5, 5.41) is 2.92. The third-order valence-corrected chi connectivity index (χ3v) is 7.65. The number of amides is 2. The Labute approximate surface area is 193 Å². The summed E-state index contributed by atoms with van der Waals surface area (Å²) in [5.74, 6) is 0.562. The molecule has 1 N–H and O–H groups in total. The Morgan fingerprint density at radius 1 is 1.18 bits per heavy atom. The monoisotopic (exact) mass is 469 g/mol. The van der Waals surface area contributed by atoms with Gasteiger partial charge in [0.1, 0.15) is 5.82 Å². The molecule has 1 aliphatic heterocycles. The highest BCUT2D eigenvalue weighted by Crippen LogP contribution is 2.29. The molecule has 1 saturated heterocycles. The predicted molar refractivity (Wildman–Crippen MR) is 127 cm³/mol. The van der Waals surface area contributed by atoms with Gasteiger partial charge in [0, 0.05) is 47.0 Å². The van der Waals surface area contributed by atoms with Crippen LogP contribution in [0.25, 0.3) is 11.0 Å². The van der Waals surface area contributed by atoms with Gasteiger partial charge >= 0.3 is 0 Å². The van der Waals surface area contributed by atoms with Crippen molar-refractivity contribution in [2.24, 2.45) is 7.05 Å². The van der Waals surface area contributed by atoms with Crippen molar-refractivity contribution < 1.29 is 18.0 Å². The third kappa shape index (κ3) is 4.49. The molecule has 2 heterocycles. The molecule has 0 unspecified atom stereocenters. The molecule has 0 atom stereocenters. The summed E-state index contributed by atoms with van der Waals surface area (Å²) >= 11 is 0. The first-order valence-corrected chi connectivity index (χ1v) is 12.2. The average molecular weight is 470 g/mol. The van der Waals surface area contributed by atoms with Gasteiger partial charge < -0.3 is 14.8 Å². The van der Waals surface area contributed by atoms with Gasteiger partial charge in [0.05, 0.1) is 27.3 Å². The van der Waals surface area contributed by atoms with Crippen LogP contribution in [0.4, 0.5) is 11.4 Å². The van der Waals surface area contributed by atoms with E-state index in [1.165, 1.54) is 14.1 Å². The zero-order valence-corrected chi connectivity index (χ0v) is 19.7.